The van der Waals surface area contributed by atoms with Crippen LogP contribution in [0.15, 0.2) is 40.8 Å². The molecule has 0 unspecified atom stereocenters. The molecule has 0 aliphatic carbocycles. The maximum absolute atomic E-state index is 12.3. The molecule has 0 atom stereocenters. The molecular weight excluding hydrogens is 254 g/mol. The van der Waals surface area contributed by atoms with Crippen molar-refractivity contribution in [3.8, 4) is 5.75 Å². The van der Waals surface area contributed by atoms with Crippen LogP contribution in [0.3, 0.4) is 0 Å². The van der Waals surface area contributed by atoms with E-state index in [1.165, 1.54) is 12.8 Å². The lowest BCUT2D eigenvalue weighted by atomic mass is 10.1. The van der Waals surface area contributed by atoms with E-state index in [4.69, 9.17) is 9.15 Å². The average Bonchev–Trinajstić information content (AvgIpc) is 3.17. The first-order chi connectivity index (χ1) is 9.78. The van der Waals surface area contributed by atoms with Crippen LogP contribution < -0.4 is 9.64 Å². The molecule has 1 aliphatic heterocycles. The second-order valence-electron chi connectivity index (χ2n) is 4.89. The van der Waals surface area contributed by atoms with E-state index in [-0.39, 0.29) is 5.78 Å². The van der Waals surface area contributed by atoms with Gasteiger partial charge in [0, 0.05) is 24.7 Å². The van der Waals surface area contributed by atoms with Gasteiger partial charge in [-0.3, -0.25) is 4.79 Å². The first-order valence-corrected chi connectivity index (χ1v) is 6.81. The molecule has 2 heterocycles. The normalized spacial score (nSPS) is 14.6. The molecule has 0 radical (unpaired) electrons. The Bertz CT molecular complexity index is 594. The Balaban J connectivity index is 1.79. The van der Waals surface area contributed by atoms with E-state index < -0.39 is 0 Å². The summed E-state index contributed by atoms with van der Waals surface area (Å²) in [6.45, 7) is 2.01. The molecule has 104 valence electrons. The van der Waals surface area contributed by atoms with E-state index in [2.05, 4.69) is 4.90 Å². The molecule has 2 aromatic rings. The van der Waals surface area contributed by atoms with E-state index in [9.17, 15) is 4.79 Å². The third kappa shape index (κ3) is 2.41. The summed E-state index contributed by atoms with van der Waals surface area (Å²) < 4.78 is 10.8. The molecule has 0 N–H and O–H groups in total. The number of nitrogens with zero attached hydrogens (tertiary/aromatic N) is 1. The van der Waals surface area contributed by atoms with Crippen LogP contribution in [0.1, 0.15) is 29.0 Å². The molecule has 0 spiro atoms. The number of methoxy groups -OCH3 is 1. The fourth-order valence-electron chi connectivity index (χ4n) is 2.44. The maximum atomic E-state index is 12.3. The molecule has 3 rings (SSSR count). The van der Waals surface area contributed by atoms with Crippen molar-refractivity contribution >= 4 is 11.7 Å². The van der Waals surface area contributed by atoms with Crippen LogP contribution in [-0.4, -0.2) is 26.0 Å². The first-order valence-electron chi connectivity index (χ1n) is 6.81. The van der Waals surface area contributed by atoms with Crippen molar-refractivity contribution in [2.45, 2.75) is 12.8 Å². The van der Waals surface area contributed by atoms with Crippen LogP contribution in [0.2, 0.25) is 0 Å². The predicted molar refractivity (Wildman–Crippen MR) is 76.6 cm³/mol. The molecule has 1 aromatic heterocycles. The zero-order valence-corrected chi connectivity index (χ0v) is 11.5. The SMILES string of the molecule is COc1ccc(C(=O)c2ccc(N3CCCC3)o2)cc1. The lowest BCUT2D eigenvalue weighted by molar-refractivity contribution is 0.101. The van der Waals surface area contributed by atoms with Crippen molar-refractivity contribution in [1.82, 2.24) is 0 Å². The van der Waals surface area contributed by atoms with E-state index in [1.807, 2.05) is 6.07 Å². The van der Waals surface area contributed by atoms with Gasteiger partial charge in [-0.15, -0.1) is 0 Å². The molecule has 0 amide bonds. The Labute approximate surface area is 118 Å². The van der Waals surface area contributed by atoms with Crippen LogP contribution in [0.25, 0.3) is 0 Å². The number of ether oxygens (including phenoxy) is 1. The highest BCUT2D eigenvalue weighted by Gasteiger charge is 2.19. The Kier molecular flexibility index (Phi) is 3.46. The molecule has 1 fully saturated rings. The van der Waals surface area contributed by atoms with Gasteiger partial charge in [0.05, 0.1) is 7.11 Å². The van der Waals surface area contributed by atoms with Gasteiger partial charge in [-0.25, -0.2) is 0 Å². The number of carbonyl (C=O) groups is 1. The zero-order valence-electron chi connectivity index (χ0n) is 11.5. The monoisotopic (exact) mass is 271 g/mol. The quantitative estimate of drug-likeness (QED) is 0.801. The number of carbonyl (C=O) groups excluding carboxylic acids is 1. The summed E-state index contributed by atoms with van der Waals surface area (Å²) in [5.41, 5.74) is 0.605. The third-order valence-electron chi connectivity index (χ3n) is 3.59. The van der Waals surface area contributed by atoms with Gasteiger partial charge in [-0.05, 0) is 43.2 Å². The van der Waals surface area contributed by atoms with Gasteiger partial charge < -0.3 is 14.1 Å². The first kappa shape index (κ1) is 12.8. The Morgan fingerprint density at radius 3 is 2.45 bits per heavy atom. The Morgan fingerprint density at radius 1 is 1.10 bits per heavy atom. The molecule has 1 aromatic carbocycles. The number of ketones is 1. The van der Waals surface area contributed by atoms with Crippen molar-refractivity contribution in [2.75, 3.05) is 25.1 Å². The topological polar surface area (TPSA) is 42.7 Å². The van der Waals surface area contributed by atoms with Crippen molar-refractivity contribution in [3.05, 3.63) is 47.7 Å². The lowest BCUT2D eigenvalue weighted by Gasteiger charge is -2.12. The summed E-state index contributed by atoms with van der Waals surface area (Å²) in [5, 5.41) is 0. The lowest BCUT2D eigenvalue weighted by Crippen LogP contribution is -2.16. The number of anilines is 1. The minimum atomic E-state index is -0.0990. The van der Waals surface area contributed by atoms with Crippen LogP contribution in [0, 0.1) is 0 Å². The van der Waals surface area contributed by atoms with E-state index in [0.717, 1.165) is 24.7 Å². The van der Waals surface area contributed by atoms with Crippen molar-refractivity contribution in [2.24, 2.45) is 0 Å². The zero-order chi connectivity index (χ0) is 13.9. The Morgan fingerprint density at radius 2 is 1.80 bits per heavy atom. The second kappa shape index (κ2) is 5.41. The molecule has 0 bridgehead atoms. The molecular formula is C16H17NO3. The number of furan rings is 1. The number of rotatable bonds is 4. The molecule has 4 nitrogen and oxygen atoms in total. The average molecular weight is 271 g/mol. The van der Waals surface area contributed by atoms with Crippen LogP contribution in [0.4, 0.5) is 5.88 Å². The highest BCUT2D eigenvalue weighted by atomic mass is 16.5. The summed E-state index contributed by atoms with van der Waals surface area (Å²) in [4.78, 5) is 14.5. The van der Waals surface area contributed by atoms with Crippen LogP contribution >= 0.6 is 0 Å². The fourth-order valence-corrected chi connectivity index (χ4v) is 2.44. The number of hydrogen-bond acceptors (Lipinski definition) is 4. The van der Waals surface area contributed by atoms with Crippen molar-refractivity contribution < 1.29 is 13.9 Å². The number of hydrogen-bond donors (Lipinski definition) is 0. The minimum absolute atomic E-state index is 0.0990. The fraction of sp³-hybridized carbons (Fsp3) is 0.312. The summed E-state index contributed by atoms with van der Waals surface area (Å²) >= 11 is 0. The van der Waals surface area contributed by atoms with Crippen molar-refractivity contribution in [1.29, 1.82) is 0 Å². The largest absolute Gasteiger partial charge is 0.497 e. The van der Waals surface area contributed by atoms with Gasteiger partial charge in [-0.1, -0.05) is 0 Å². The molecule has 4 heteroatoms. The van der Waals surface area contributed by atoms with Crippen LogP contribution in [-0.2, 0) is 0 Å². The van der Waals surface area contributed by atoms with Crippen LogP contribution in [0.5, 0.6) is 5.75 Å². The van der Waals surface area contributed by atoms with E-state index in [1.54, 1.807) is 37.4 Å². The van der Waals surface area contributed by atoms with E-state index in [0.29, 0.717) is 11.3 Å². The highest BCUT2D eigenvalue weighted by Crippen LogP contribution is 2.24. The summed E-state index contributed by atoms with van der Waals surface area (Å²) in [7, 11) is 1.60. The van der Waals surface area contributed by atoms with Gasteiger partial charge in [0.25, 0.3) is 0 Å². The second-order valence-corrected chi connectivity index (χ2v) is 4.89. The summed E-state index contributed by atoms with van der Waals surface area (Å²) in [5.74, 6) is 1.81. The third-order valence-corrected chi connectivity index (χ3v) is 3.59. The van der Waals surface area contributed by atoms with Gasteiger partial charge in [0.15, 0.2) is 11.6 Å². The molecule has 1 aliphatic rings. The molecule has 1 saturated heterocycles. The smallest absolute Gasteiger partial charge is 0.228 e. The summed E-state index contributed by atoms with van der Waals surface area (Å²) in [6.07, 6.45) is 2.37. The standard InChI is InChI=1S/C16H17NO3/c1-19-13-6-4-12(5-7-13)16(18)14-8-9-15(20-14)17-10-2-3-11-17/h4-9H,2-3,10-11H2,1H3. The van der Waals surface area contributed by atoms with Crippen molar-refractivity contribution in [3.63, 3.8) is 0 Å². The maximum Gasteiger partial charge on any atom is 0.228 e. The van der Waals surface area contributed by atoms with E-state index >= 15 is 0 Å². The molecule has 20 heavy (non-hydrogen) atoms. The number of benzene rings is 1. The molecule has 0 saturated carbocycles. The van der Waals surface area contributed by atoms with Gasteiger partial charge in [0.1, 0.15) is 5.75 Å². The summed E-state index contributed by atoms with van der Waals surface area (Å²) in [6, 6.07) is 10.7. The van der Waals surface area contributed by atoms with Gasteiger partial charge in [0.2, 0.25) is 5.78 Å². The predicted octanol–water partition coefficient (Wildman–Crippen LogP) is 3.12. The Hall–Kier alpha value is -2.23. The highest BCUT2D eigenvalue weighted by molar-refractivity contribution is 6.07. The van der Waals surface area contributed by atoms with Gasteiger partial charge >= 0.3 is 0 Å². The van der Waals surface area contributed by atoms with Gasteiger partial charge in [-0.2, -0.15) is 0 Å². The minimum Gasteiger partial charge on any atom is -0.497 e.